The van der Waals surface area contributed by atoms with E-state index in [-0.39, 0.29) is 6.10 Å². The summed E-state index contributed by atoms with van der Waals surface area (Å²) in [6.07, 6.45) is 2.89. The number of hydrogen-bond donors (Lipinski definition) is 1. The predicted molar refractivity (Wildman–Crippen MR) is 88.8 cm³/mol. The van der Waals surface area contributed by atoms with Crippen molar-refractivity contribution in [2.75, 3.05) is 26.7 Å². The first-order valence-electron chi connectivity index (χ1n) is 8.24. The van der Waals surface area contributed by atoms with Gasteiger partial charge in [-0.25, -0.2) is 0 Å². The summed E-state index contributed by atoms with van der Waals surface area (Å²) in [4.78, 5) is 2.58. The number of benzene rings is 1. The fraction of sp³-hybridized carbons (Fsp3) is 0.667. The Hall–Kier alpha value is -1.06. The number of nitrogens with zero attached hydrogens (tertiary/aromatic N) is 1. The summed E-state index contributed by atoms with van der Waals surface area (Å²) in [5.41, 5.74) is 1.34. The molecular weight excluding hydrogens is 260 g/mol. The lowest BCUT2D eigenvalue weighted by Gasteiger charge is -2.33. The molecule has 1 aromatic carbocycles. The van der Waals surface area contributed by atoms with Gasteiger partial charge >= 0.3 is 0 Å². The van der Waals surface area contributed by atoms with Gasteiger partial charge < -0.3 is 15.0 Å². The Labute approximate surface area is 129 Å². The molecule has 3 nitrogen and oxygen atoms in total. The number of nitrogens with one attached hydrogen (secondary N) is 1. The van der Waals surface area contributed by atoms with Gasteiger partial charge in [-0.3, -0.25) is 0 Å². The Balaban J connectivity index is 1.93. The third kappa shape index (κ3) is 5.01. The lowest BCUT2D eigenvalue weighted by atomic mass is 9.98. The highest BCUT2D eigenvalue weighted by atomic mass is 16.5. The average molecular weight is 290 g/mol. The van der Waals surface area contributed by atoms with Crippen molar-refractivity contribution in [3.05, 3.63) is 29.8 Å². The molecule has 1 aliphatic rings. The molecule has 21 heavy (non-hydrogen) atoms. The summed E-state index contributed by atoms with van der Waals surface area (Å²) < 4.78 is 5.71. The normalized spacial score (nSPS) is 18.9. The van der Waals surface area contributed by atoms with E-state index in [0.29, 0.717) is 6.04 Å². The predicted octanol–water partition coefficient (Wildman–Crippen LogP) is 3.47. The lowest BCUT2D eigenvalue weighted by Crippen LogP contribution is -2.38. The van der Waals surface area contributed by atoms with Gasteiger partial charge in [0.05, 0.1) is 6.10 Å². The summed E-state index contributed by atoms with van der Waals surface area (Å²) in [7, 11) is 2.05. The molecule has 0 aliphatic carbocycles. The number of likely N-dealkylation sites (N-methyl/N-ethyl adjacent to an activating group) is 1. The lowest BCUT2D eigenvalue weighted by molar-refractivity contribution is 0.177. The molecule has 1 N–H and O–H groups in total. The second kappa shape index (κ2) is 7.81. The summed E-state index contributed by atoms with van der Waals surface area (Å²) >= 11 is 0. The van der Waals surface area contributed by atoms with E-state index in [1.54, 1.807) is 0 Å². The minimum Gasteiger partial charge on any atom is -0.491 e. The zero-order valence-corrected chi connectivity index (χ0v) is 13.9. The monoisotopic (exact) mass is 290 g/mol. The molecule has 0 bridgehead atoms. The molecule has 0 saturated carbocycles. The zero-order chi connectivity index (χ0) is 15.2. The third-order valence-corrected chi connectivity index (χ3v) is 4.32. The van der Waals surface area contributed by atoms with Gasteiger partial charge in [0, 0.05) is 12.6 Å². The third-order valence-electron chi connectivity index (χ3n) is 4.32. The highest BCUT2D eigenvalue weighted by Crippen LogP contribution is 2.22. The first kappa shape index (κ1) is 16.3. The number of piperidine rings is 1. The van der Waals surface area contributed by atoms with Crippen molar-refractivity contribution in [2.45, 2.75) is 45.8 Å². The van der Waals surface area contributed by atoms with Crippen LogP contribution in [0.3, 0.4) is 0 Å². The second-order valence-corrected chi connectivity index (χ2v) is 6.56. The fourth-order valence-electron chi connectivity index (χ4n) is 2.92. The minimum atomic E-state index is 0.228. The maximum Gasteiger partial charge on any atom is 0.119 e. The molecular formula is C18H30N2O. The largest absolute Gasteiger partial charge is 0.491 e. The highest BCUT2D eigenvalue weighted by Gasteiger charge is 2.19. The number of hydrogen-bond acceptors (Lipinski definition) is 3. The summed E-state index contributed by atoms with van der Waals surface area (Å²) in [6.45, 7) is 10.0. The van der Waals surface area contributed by atoms with Crippen molar-refractivity contribution < 1.29 is 4.74 Å². The van der Waals surface area contributed by atoms with Gasteiger partial charge in [0.2, 0.25) is 0 Å². The van der Waals surface area contributed by atoms with Crippen LogP contribution in [0, 0.1) is 5.92 Å². The molecule has 1 fully saturated rings. The van der Waals surface area contributed by atoms with Gasteiger partial charge in [-0.2, -0.15) is 0 Å². The molecule has 1 unspecified atom stereocenters. The van der Waals surface area contributed by atoms with Gasteiger partial charge in [0.1, 0.15) is 5.75 Å². The van der Waals surface area contributed by atoms with Crippen LogP contribution < -0.4 is 10.1 Å². The highest BCUT2D eigenvalue weighted by molar-refractivity contribution is 5.29. The minimum absolute atomic E-state index is 0.228. The van der Waals surface area contributed by atoms with Crippen molar-refractivity contribution in [3.63, 3.8) is 0 Å². The quantitative estimate of drug-likeness (QED) is 0.868. The van der Waals surface area contributed by atoms with Crippen LogP contribution in [0.4, 0.5) is 0 Å². The van der Waals surface area contributed by atoms with E-state index in [4.69, 9.17) is 4.74 Å². The van der Waals surface area contributed by atoms with Crippen LogP contribution in [0.15, 0.2) is 24.3 Å². The van der Waals surface area contributed by atoms with Gasteiger partial charge in [0.25, 0.3) is 0 Å². The number of likely N-dealkylation sites (tertiary alicyclic amines) is 1. The summed E-state index contributed by atoms with van der Waals surface area (Å²) in [6, 6.07) is 8.93. The van der Waals surface area contributed by atoms with Crippen LogP contribution in [0.1, 0.15) is 45.2 Å². The van der Waals surface area contributed by atoms with E-state index in [9.17, 15) is 0 Å². The molecule has 2 rings (SSSR count). The number of ether oxygens (including phenoxy) is 1. The Kier molecular flexibility index (Phi) is 6.07. The molecule has 3 heteroatoms. The van der Waals surface area contributed by atoms with Crippen molar-refractivity contribution in [1.29, 1.82) is 0 Å². The maximum absolute atomic E-state index is 5.71. The van der Waals surface area contributed by atoms with Crippen LogP contribution in [-0.4, -0.2) is 37.7 Å². The molecule has 118 valence electrons. The van der Waals surface area contributed by atoms with Crippen molar-refractivity contribution in [1.82, 2.24) is 10.2 Å². The first-order chi connectivity index (χ1) is 10.1. The fourth-order valence-corrected chi connectivity index (χ4v) is 2.92. The molecule has 0 aromatic heterocycles. The van der Waals surface area contributed by atoms with Crippen LogP contribution in [0.2, 0.25) is 0 Å². The van der Waals surface area contributed by atoms with Crippen LogP contribution in [-0.2, 0) is 0 Å². The molecule has 1 atom stereocenters. The molecule has 1 aliphatic heterocycles. The first-order valence-corrected chi connectivity index (χ1v) is 8.24. The molecule has 0 spiro atoms. The van der Waals surface area contributed by atoms with E-state index in [2.05, 4.69) is 62.3 Å². The summed E-state index contributed by atoms with van der Waals surface area (Å²) in [5, 5.41) is 3.45. The SMILES string of the molecule is CNC(CN1CCC(C)CC1)c1ccc(OC(C)C)cc1. The Morgan fingerprint density at radius 1 is 1.19 bits per heavy atom. The smallest absolute Gasteiger partial charge is 0.119 e. The molecule has 1 heterocycles. The number of rotatable bonds is 6. The van der Waals surface area contributed by atoms with E-state index >= 15 is 0 Å². The average Bonchev–Trinajstić information content (AvgIpc) is 2.47. The molecule has 0 amide bonds. The maximum atomic E-state index is 5.71. The molecule has 0 radical (unpaired) electrons. The Morgan fingerprint density at radius 3 is 2.33 bits per heavy atom. The standard InChI is InChI=1S/C18H30N2O/c1-14(2)21-17-7-5-16(6-8-17)18(19-4)13-20-11-9-15(3)10-12-20/h5-8,14-15,18-19H,9-13H2,1-4H3. The van der Waals surface area contributed by atoms with Crippen molar-refractivity contribution >= 4 is 0 Å². The van der Waals surface area contributed by atoms with Crippen LogP contribution in [0.5, 0.6) is 5.75 Å². The zero-order valence-electron chi connectivity index (χ0n) is 13.9. The van der Waals surface area contributed by atoms with Gasteiger partial charge in [-0.1, -0.05) is 19.1 Å². The van der Waals surface area contributed by atoms with Crippen molar-refractivity contribution in [3.8, 4) is 5.75 Å². The molecule has 1 saturated heterocycles. The topological polar surface area (TPSA) is 24.5 Å². The van der Waals surface area contributed by atoms with E-state index in [0.717, 1.165) is 18.2 Å². The Morgan fingerprint density at radius 2 is 1.81 bits per heavy atom. The van der Waals surface area contributed by atoms with E-state index in [1.807, 2.05) is 0 Å². The van der Waals surface area contributed by atoms with Crippen LogP contribution in [0.25, 0.3) is 0 Å². The van der Waals surface area contributed by atoms with Gasteiger partial charge in [-0.15, -0.1) is 0 Å². The Bertz CT molecular complexity index is 408. The summed E-state index contributed by atoms with van der Waals surface area (Å²) in [5.74, 6) is 1.84. The van der Waals surface area contributed by atoms with E-state index < -0.39 is 0 Å². The molecule has 1 aromatic rings. The van der Waals surface area contributed by atoms with Crippen molar-refractivity contribution in [2.24, 2.45) is 5.92 Å². The second-order valence-electron chi connectivity index (χ2n) is 6.56. The van der Waals surface area contributed by atoms with Crippen LogP contribution >= 0.6 is 0 Å². The van der Waals surface area contributed by atoms with Gasteiger partial charge in [-0.05, 0) is 70.4 Å². The van der Waals surface area contributed by atoms with Gasteiger partial charge in [0.15, 0.2) is 0 Å². The van der Waals surface area contributed by atoms with E-state index in [1.165, 1.54) is 31.5 Å².